The maximum atomic E-state index is 12.5. The van der Waals surface area contributed by atoms with Crippen LogP contribution in [0, 0.1) is 6.92 Å². The first-order valence-electron chi connectivity index (χ1n) is 6.99. The number of benzene rings is 1. The topological polar surface area (TPSA) is 49.6 Å². The van der Waals surface area contributed by atoms with E-state index in [0.29, 0.717) is 6.54 Å². The van der Waals surface area contributed by atoms with Crippen LogP contribution >= 0.6 is 0 Å². The van der Waals surface area contributed by atoms with Gasteiger partial charge in [-0.3, -0.25) is 4.79 Å². The second kappa shape index (κ2) is 6.68. The van der Waals surface area contributed by atoms with Crippen LogP contribution in [0.4, 0.5) is 0 Å². The first kappa shape index (κ1) is 14.0. The van der Waals surface area contributed by atoms with Gasteiger partial charge in [-0.15, -0.1) is 0 Å². The van der Waals surface area contributed by atoms with Crippen LogP contribution in [-0.4, -0.2) is 55.0 Å². The number of carbonyl (C=O) groups is 1. The molecule has 2 N–H and O–H groups in total. The Bertz CT molecular complexity index is 433. The van der Waals surface area contributed by atoms with Crippen molar-refractivity contribution in [1.29, 1.82) is 0 Å². The SMILES string of the molecule is Cc1ccccc1C(=O)N1CCCN(CCN)CC1. The highest BCUT2D eigenvalue weighted by Crippen LogP contribution is 2.12. The van der Waals surface area contributed by atoms with Gasteiger partial charge in [-0.1, -0.05) is 18.2 Å². The van der Waals surface area contributed by atoms with Gasteiger partial charge in [0.15, 0.2) is 0 Å². The van der Waals surface area contributed by atoms with Gasteiger partial charge >= 0.3 is 0 Å². The third-order valence-corrected chi connectivity index (χ3v) is 3.70. The molecule has 4 nitrogen and oxygen atoms in total. The molecule has 0 unspecified atom stereocenters. The average molecular weight is 261 g/mol. The summed E-state index contributed by atoms with van der Waals surface area (Å²) in [5, 5.41) is 0. The molecule has 0 radical (unpaired) electrons. The lowest BCUT2D eigenvalue weighted by Gasteiger charge is -2.22. The van der Waals surface area contributed by atoms with Crippen molar-refractivity contribution in [1.82, 2.24) is 9.80 Å². The first-order chi connectivity index (χ1) is 9.22. The Labute approximate surface area is 115 Å². The molecule has 0 spiro atoms. The van der Waals surface area contributed by atoms with E-state index in [2.05, 4.69) is 4.90 Å². The molecule has 1 aromatic rings. The lowest BCUT2D eigenvalue weighted by molar-refractivity contribution is 0.0761. The quantitative estimate of drug-likeness (QED) is 0.886. The number of nitrogens with zero attached hydrogens (tertiary/aromatic N) is 2. The van der Waals surface area contributed by atoms with Gasteiger partial charge in [-0.2, -0.15) is 0 Å². The fraction of sp³-hybridized carbons (Fsp3) is 0.533. The Kier molecular flexibility index (Phi) is 4.93. The van der Waals surface area contributed by atoms with Crippen LogP contribution in [0.2, 0.25) is 0 Å². The molecule has 1 fully saturated rings. The zero-order valence-electron chi connectivity index (χ0n) is 11.6. The molecule has 1 aromatic carbocycles. The zero-order chi connectivity index (χ0) is 13.7. The fourth-order valence-electron chi connectivity index (χ4n) is 2.56. The highest BCUT2D eigenvalue weighted by molar-refractivity contribution is 5.95. The van der Waals surface area contributed by atoms with Gasteiger partial charge in [-0.05, 0) is 31.5 Å². The molecule has 104 valence electrons. The molecule has 1 heterocycles. The Morgan fingerprint density at radius 1 is 1.21 bits per heavy atom. The van der Waals surface area contributed by atoms with E-state index >= 15 is 0 Å². The van der Waals surface area contributed by atoms with E-state index in [9.17, 15) is 4.79 Å². The fourth-order valence-corrected chi connectivity index (χ4v) is 2.56. The van der Waals surface area contributed by atoms with Gasteiger partial charge in [0.05, 0.1) is 0 Å². The van der Waals surface area contributed by atoms with Crippen LogP contribution < -0.4 is 5.73 Å². The molecule has 0 bridgehead atoms. The summed E-state index contributed by atoms with van der Waals surface area (Å²) in [7, 11) is 0. The number of aryl methyl sites for hydroxylation is 1. The van der Waals surface area contributed by atoms with Gasteiger partial charge in [0.25, 0.3) is 5.91 Å². The Morgan fingerprint density at radius 2 is 2.00 bits per heavy atom. The maximum absolute atomic E-state index is 12.5. The molecule has 0 atom stereocenters. The molecular weight excluding hydrogens is 238 g/mol. The molecule has 1 aliphatic heterocycles. The van der Waals surface area contributed by atoms with Crippen molar-refractivity contribution >= 4 is 5.91 Å². The predicted molar refractivity (Wildman–Crippen MR) is 77.2 cm³/mol. The molecule has 0 saturated carbocycles. The molecule has 0 aromatic heterocycles. The number of hydrogen-bond acceptors (Lipinski definition) is 3. The Hall–Kier alpha value is -1.39. The van der Waals surface area contributed by atoms with Crippen molar-refractivity contribution in [2.24, 2.45) is 5.73 Å². The summed E-state index contributed by atoms with van der Waals surface area (Å²) in [6.45, 7) is 7.20. The summed E-state index contributed by atoms with van der Waals surface area (Å²) in [5.41, 5.74) is 7.47. The number of carbonyl (C=O) groups excluding carboxylic acids is 1. The van der Waals surface area contributed by atoms with E-state index in [4.69, 9.17) is 5.73 Å². The minimum atomic E-state index is 0.160. The standard InChI is InChI=1S/C15H23N3O/c1-13-5-2-3-6-14(13)15(19)18-9-4-8-17(10-7-16)11-12-18/h2-3,5-6H,4,7-12,16H2,1H3. The number of hydrogen-bond donors (Lipinski definition) is 1. The van der Waals surface area contributed by atoms with Crippen LogP contribution in [-0.2, 0) is 0 Å². The third-order valence-electron chi connectivity index (χ3n) is 3.70. The Balaban J connectivity index is 2.02. The van der Waals surface area contributed by atoms with E-state index in [1.165, 1.54) is 0 Å². The summed E-state index contributed by atoms with van der Waals surface area (Å²) in [5.74, 6) is 0.160. The lowest BCUT2D eigenvalue weighted by atomic mass is 10.1. The van der Waals surface area contributed by atoms with Gasteiger partial charge in [-0.25, -0.2) is 0 Å². The molecule has 1 saturated heterocycles. The predicted octanol–water partition coefficient (Wildman–Crippen LogP) is 1.10. The summed E-state index contributed by atoms with van der Waals surface area (Å²) in [4.78, 5) is 16.8. The largest absolute Gasteiger partial charge is 0.337 e. The highest BCUT2D eigenvalue weighted by atomic mass is 16.2. The first-order valence-corrected chi connectivity index (χ1v) is 6.99. The Morgan fingerprint density at radius 3 is 2.74 bits per heavy atom. The van der Waals surface area contributed by atoms with E-state index in [0.717, 1.165) is 50.3 Å². The van der Waals surface area contributed by atoms with E-state index < -0.39 is 0 Å². The van der Waals surface area contributed by atoms with Crippen molar-refractivity contribution in [3.8, 4) is 0 Å². The van der Waals surface area contributed by atoms with Gasteiger partial charge < -0.3 is 15.5 Å². The maximum Gasteiger partial charge on any atom is 0.254 e. The van der Waals surface area contributed by atoms with Crippen molar-refractivity contribution in [3.05, 3.63) is 35.4 Å². The van der Waals surface area contributed by atoms with Gasteiger partial charge in [0.2, 0.25) is 0 Å². The van der Waals surface area contributed by atoms with Gasteiger partial charge in [0.1, 0.15) is 0 Å². The number of nitrogens with two attached hydrogens (primary N) is 1. The van der Waals surface area contributed by atoms with E-state index in [-0.39, 0.29) is 5.91 Å². The summed E-state index contributed by atoms with van der Waals surface area (Å²) >= 11 is 0. The number of rotatable bonds is 3. The molecule has 19 heavy (non-hydrogen) atoms. The van der Waals surface area contributed by atoms with E-state index in [1.54, 1.807) is 0 Å². The monoisotopic (exact) mass is 261 g/mol. The smallest absolute Gasteiger partial charge is 0.254 e. The second-order valence-corrected chi connectivity index (χ2v) is 5.09. The molecule has 4 heteroatoms. The summed E-state index contributed by atoms with van der Waals surface area (Å²) in [6.07, 6.45) is 1.03. The minimum absolute atomic E-state index is 0.160. The van der Waals surface area contributed by atoms with Crippen LogP contribution in [0.5, 0.6) is 0 Å². The molecule has 2 rings (SSSR count). The summed E-state index contributed by atoms with van der Waals surface area (Å²) in [6, 6.07) is 7.81. The van der Waals surface area contributed by atoms with Crippen molar-refractivity contribution in [2.45, 2.75) is 13.3 Å². The van der Waals surface area contributed by atoms with Crippen molar-refractivity contribution < 1.29 is 4.79 Å². The molecule has 1 amide bonds. The molecular formula is C15H23N3O. The molecule has 1 aliphatic rings. The molecule has 0 aliphatic carbocycles. The second-order valence-electron chi connectivity index (χ2n) is 5.09. The minimum Gasteiger partial charge on any atom is -0.337 e. The van der Waals surface area contributed by atoms with Crippen LogP contribution in [0.1, 0.15) is 22.3 Å². The average Bonchev–Trinajstić information content (AvgIpc) is 2.65. The highest BCUT2D eigenvalue weighted by Gasteiger charge is 2.20. The normalized spacial score (nSPS) is 17.3. The summed E-state index contributed by atoms with van der Waals surface area (Å²) < 4.78 is 0. The van der Waals surface area contributed by atoms with Crippen molar-refractivity contribution in [3.63, 3.8) is 0 Å². The third kappa shape index (κ3) is 3.55. The lowest BCUT2D eigenvalue weighted by Crippen LogP contribution is -2.36. The van der Waals surface area contributed by atoms with Crippen LogP contribution in [0.3, 0.4) is 0 Å². The zero-order valence-corrected chi connectivity index (χ0v) is 11.6. The van der Waals surface area contributed by atoms with Crippen molar-refractivity contribution in [2.75, 3.05) is 39.3 Å². The van der Waals surface area contributed by atoms with Crippen LogP contribution in [0.15, 0.2) is 24.3 Å². The van der Waals surface area contributed by atoms with E-state index in [1.807, 2.05) is 36.1 Å². The number of amides is 1. The van der Waals surface area contributed by atoms with Crippen LogP contribution in [0.25, 0.3) is 0 Å². The van der Waals surface area contributed by atoms with Gasteiger partial charge in [0, 0.05) is 38.3 Å².